The SMILES string of the molecule is COC1CC(C)OC(CCC(C)C(O)C(C)C2(C)CC(OC)CC(OC)C(CO)C(OC)CC3CC=CC(CC(CO)C/C=C(C)\C=C\C(=O)O2)O3)C1. The molecule has 3 rings (SSSR count). The molecule has 11 heteroatoms. The predicted molar refractivity (Wildman–Crippen MR) is 204 cm³/mol. The molecule has 0 amide bonds. The fourth-order valence-corrected chi connectivity index (χ4v) is 8.44. The van der Waals surface area contributed by atoms with Crippen molar-refractivity contribution >= 4 is 5.97 Å². The van der Waals surface area contributed by atoms with E-state index in [9.17, 15) is 20.1 Å². The summed E-state index contributed by atoms with van der Waals surface area (Å²) in [5.74, 6) is -1.50. The highest BCUT2D eigenvalue weighted by molar-refractivity contribution is 5.82. The minimum absolute atomic E-state index is 0.00877. The van der Waals surface area contributed by atoms with Crippen molar-refractivity contribution in [1.82, 2.24) is 0 Å². The van der Waals surface area contributed by atoms with Crippen LogP contribution in [0.4, 0.5) is 0 Å². The standard InChI is InChI=1S/C42H72O11/c1-27-13-16-31(25-43)20-32-11-10-12-33(52-32)22-38(49-8)37(26-44)39(50-9)23-36(48-7)24-42(5,53-40(45)18-14-27)30(4)41(46)28(2)15-17-34-21-35(47-6)19-29(3)51-34/h10-11,13-14,18,28-39,41,43-44,46H,12,15-17,19-26H2,1-9H3/b18-14+,27-13-. The van der Waals surface area contributed by atoms with Gasteiger partial charge >= 0.3 is 5.97 Å². The number of carbonyl (C=O) groups excluding carboxylic acids is 1. The molecule has 2 bridgehead atoms. The molecule has 0 spiro atoms. The fraction of sp³-hybridized carbons (Fsp3) is 0.833. The van der Waals surface area contributed by atoms with Gasteiger partial charge in [0.1, 0.15) is 5.60 Å². The molecule has 3 aliphatic heterocycles. The first-order chi connectivity index (χ1) is 25.3. The Morgan fingerprint density at radius 2 is 1.58 bits per heavy atom. The van der Waals surface area contributed by atoms with Gasteiger partial charge < -0.3 is 48.5 Å². The Morgan fingerprint density at radius 3 is 2.23 bits per heavy atom. The lowest BCUT2D eigenvalue weighted by Crippen LogP contribution is -2.49. The summed E-state index contributed by atoms with van der Waals surface area (Å²) in [7, 11) is 6.63. The van der Waals surface area contributed by atoms with E-state index in [-0.39, 0.29) is 74.0 Å². The number of methoxy groups -OCH3 is 4. The summed E-state index contributed by atoms with van der Waals surface area (Å²) in [6.45, 7) is 9.67. The average Bonchev–Trinajstić information content (AvgIpc) is 3.15. The second-order valence-corrected chi connectivity index (χ2v) is 16.2. The summed E-state index contributed by atoms with van der Waals surface area (Å²) in [5.41, 5.74) is -0.250. The summed E-state index contributed by atoms with van der Waals surface area (Å²) in [5, 5.41) is 32.8. The maximum Gasteiger partial charge on any atom is 0.331 e. The topological polar surface area (TPSA) is 142 Å². The summed E-state index contributed by atoms with van der Waals surface area (Å²) >= 11 is 0. The number of hydrogen-bond donors (Lipinski definition) is 3. The van der Waals surface area contributed by atoms with E-state index >= 15 is 0 Å². The van der Waals surface area contributed by atoms with Crippen LogP contribution in [0.3, 0.4) is 0 Å². The van der Waals surface area contributed by atoms with E-state index < -0.39 is 35.8 Å². The summed E-state index contributed by atoms with van der Waals surface area (Å²) in [6, 6.07) is 0. The second-order valence-electron chi connectivity index (χ2n) is 16.2. The molecular weight excluding hydrogens is 680 g/mol. The van der Waals surface area contributed by atoms with Crippen molar-refractivity contribution in [3.05, 3.63) is 36.0 Å². The van der Waals surface area contributed by atoms with Crippen molar-refractivity contribution < 1.29 is 53.3 Å². The number of carbonyl (C=O) groups is 1. The monoisotopic (exact) mass is 753 g/mol. The van der Waals surface area contributed by atoms with Gasteiger partial charge in [0.25, 0.3) is 0 Å². The maximum atomic E-state index is 13.5. The fourth-order valence-electron chi connectivity index (χ4n) is 8.44. The molecule has 3 N–H and O–H groups in total. The van der Waals surface area contributed by atoms with E-state index in [0.717, 1.165) is 37.7 Å². The molecule has 14 atom stereocenters. The van der Waals surface area contributed by atoms with Crippen LogP contribution < -0.4 is 0 Å². The van der Waals surface area contributed by atoms with Crippen LogP contribution in [0.1, 0.15) is 98.8 Å². The zero-order valence-electron chi connectivity index (χ0n) is 34.0. The third kappa shape index (κ3) is 14.1. The van der Waals surface area contributed by atoms with Gasteiger partial charge in [-0.15, -0.1) is 0 Å². The number of allylic oxidation sites excluding steroid dienone is 3. The van der Waals surface area contributed by atoms with Crippen LogP contribution in [0.25, 0.3) is 0 Å². The third-order valence-electron chi connectivity index (χ3n) is 12.1. The Hall–Kier alpha value is -1.67. The Morgan fingerprint density at radius 1 is 0.887 bits per heavy atom. The number of ether oxygens (including phenoxy) is 7. The van der Waals surface area contributed by atoms with Crippen LogP contribution in [0.2, 0.25) is 0 Å². The zero-order chi connectivity index (χ0) is 39.1. The van der Waals surface area contributed by atoms with E-state index in [1.54, 1.807) is 34.5 Å². The van der Waals surface area contributed by atoms with Crippen LogP contribution >= 0.6 is 0 Å². The molecule has 306 valence electrons. The first kappa shape index (κ1) is 45.7. The van der Waals surface area contributed by atoms with Crippen molar-refractivity contribution in [1.29, 1.82) is 0 Å². The summed E-state index contributed by atoms with van der Waals surface area (Å²) in [6.07, 6.45) is 13.9. The molecule has 1 fully saturated rings. The smallest absolute Gasteiger partial charge is 0.331 e. The maximum absolute atomic E-state index is 13.5. The van der Waals surface area contributed by atoms with Crippen LogP contribution in [0, 0.1) is 23.7 Å². The largest absolute Gasteiger partial charge is 0.456 e. The molecule has 3 heterocycles. The molecule has 53 heavy (non-hydrogen) atoms. The van der Waals surface area contributed by atoms with Crippen molar-refractivity contribution in [2.45, 2.75) is 159 Å². The highest BCUT2D eigenvalue weighted by atomic mass is 16.6. The number of esters is 1. The van der Waals surface area contributed by atoms with Crippen LogP contribution in [-0.2, 0) is 38.0 Å². The van der Waals surface area contributed by atoms with Gasteiger partial charge in [-0.1, -0.05) is 43.7 Å². The lowest BCUT2D eigenvalue weighted by molar-refractivity contribution is -0.171. The van der Waals surface area contributed by atoms with Gasteiger partial charge in [0.05, 0.1) is 61.5 Å². The van der Waals surface area contributed by atoms with Gasteiger partial charge in [-0.2, -0.15) is 0 Å². The molecule has 3 aliphatic rings. The number of aliphatic hydroxyl groups is 3. The Kier molecular flexibility index (Phi) is 19.6. The zero-order valence-corrected chi connectivity index (χ0v) is 34.0. The van der Waals surface area contributed by atoms with E-state index in [1.807, 2.05) is 33.8 Å². The Balaban J connectivity index is 1.91. The molecule has 11 nitrogen and oxygen atoms in total. The quantitative estimate of drug-likeness (QED) is 0.166. The summed E-state index contributed by atoms with van der Waals surface area (Å²) < 4.78 is 42.7. The lowest BCUT2D eigenvalue weighted by Gasteiger charge is -2.42. The molecule has 14 unspecified atom stereocenters. The van der Waals surface area contributed by atoms with E-state index in [2.05, 4.69) is 19.1 Å². The third-order valence-corrected chi connectivity index (χ3v) is 12.1. The molecular formula is C42H72O11. The lowest BCUT2D eigenvalue weighted by atomic mass is 9.76. The van der Waals surface area contributed by atoms with Gasteiger partial charge in [-0.3, -0.25) is 0 Å². The van der Waals surface area contributed by atoms with Crippen molar-refractivity contribution in [3.63, 3.8) is 0 Å². The van der Waals surface area contributed by atoms with Gasteiger partial charge in [-0.25, -0.2) is 4.79 Å². The number of fused-ring (bicyclic) bond motifs is 2. The van der Waals surface area contributed by atoms with E-state index in [4.69, 9.17) is 33.2 Å². The number of hydrogen-bond acceptors (Lipinski definition) is 11. The van der Waals surface area contributed by atoms with Crippen LogP contribution in [0.5, 0.6) is 0 Å². The molecule has 0 aromatic carbocycles. The number of rotatable bonds is 12. The number of cyclic esters (lactones) is 1. The minimum Gasteiger partial charge on any atom is -0.456 e. The highest BCUT2D eigenvalue weighted by Crippen LogP contribution is 2.37. The first-order valence-electron chi connectivity index (χ1n) is 19.9. The Labute approximate surface area is 319 Å². The molecule has 1 saturated heterocycles. The molecule has 0 radical (unpaired) electrons. The van der Waals surface area contributed by atoms with E-state index in [0.29, 0.717) is 25.7 Å². The highest BCUT2D eigenvalue weighted by Gasteiger charge is 2.44. The predicted octanol–water partition coefficient (Wildman–Crippen LogP) is 5.73. The molecule has 0 saturated carbocycles. The van der Waals surface area contributed by atoms with E-state index in [1.165, 1.54) is 6.08 Å². The van der Waals surface area contributed by atoms with Crippen LogP contribution in [-0.4, -0.2) is 123 Å². The molecule has 0 aromatic rings. The summed E-state index contributed by atoms with van der Waals surface area (Å²) in [4.78, 5) is 13.5. The van der Waals surface area contributed by atoms with Crippen LogP contribution in [0.15, 0.2) is 36.0 Å². The minimum atomic E-state index is -1.13. The first-order valence-corrected chi connectivity index (χ1v) is 19.9. The Bertz CT molecular complexity index is 1160. The van der Waals surface area contributed by atoms with Gasteiger partial charge in [0.2, 0.25) is 0 Å². The van der Waals surface area contributed by atoms with Crippen molar-refractivity contribution in [2.75, 3.05) is 41.7 Å². The van der Waals surface area contributed by atoms with Gasteiger partial charge in [0.15, 0.2) is 0 Å². The molecule has 0 aliphatic carbocycles. The number of aliphatic hydroxyl groups excluding tert-OH is 3. The average molecular weight is 753 g/mol. The van der Waals surface area contributed by atoms with Gasteiger partial charge in [-0.05, 0) is 77.6 Å². The second kappa shape index (κ2) is 22.8. The van der Waals surface area contributed by atoms with Crippen molar-refractivity contribution in [3.8, 4) is 0 Å². The molecule has 0 aromatic heterocycles. The van der Waals surface area contributed by atoms with Gasteiger partial charge in [0, 0.05) is 72.2 Å². The normalized spacial score (nSPS) is 38.9. The van der Waals surface area contributed by atoms with Crippen molar-refractivity contribution in [2.24, 2.45) is 23.7 Å².